The molecule has 0 spiro atoms. The molecular weight excluding hydrogens is 417 g/mol. The molecular formula is C12H8BiO2S+. The van der Waals surface area contributed by atoms with E-state index in [4.69, 9.17) is 0 Å². The Morgan fingerprint density at radius 1 is 0.750 bits per heavy atom. The van der Waals surface area contributed by atoms with E-state index in [9.17, 15) is 8.42 Å². The molecule has 1 aliphatic heterocycles. The van der Waals surface area contributed by atoms with Crippen molar-refractivity contribution in [3.8, 4) is 0 Å². The van der Waals surface area contributed by atoms with Crippen molar-refractivity contribution in [1.29, 1.82) is 0 Å². The van der Waals surface area contributed by atoms with Gasteiger partial charge in [-0.25, -0.2) is 0 Å². The van der Waals surface area contributed by atoms with Crippen molar-refractivity contribution in [2.75, 3.05) is 0 Å². The fourth-order valence-corrected chi connectivity index (χ4v) is 10.5. The molecule has 16 heavy (non-hydrogen) atoms. The van der Waals surface area contributed by atoms with Gasteiger partial charge < -0.3 is 0 Å². The first kappa shape index (κ1) is 10.4. The molecule has 0 N–H and O–H groups in total. The average Bonchev–Trinajstić information content (AvgIpc) is 2.29. The summed E-state index contributed by atoms with van der Waals surface area (Å²) >= 11 is -1.05. The predicted octanol–water partition coefficient (Wildman–Crippen LogP) is 0.488. The predicted molar refractivity (Wildman–Crippen MR) is 63.4 cm³/mol. The Labute approximate surface area is 106 Å². The number of sulfone groups is 1. The van der Waals surface area contributed by atoms with E-state index in [0.29, 0.717) is 9.79 Å². The minimum atomic E-state index is -3.26. The quantitative estimate of drug-likeness (QED) is 0.492. The van der Waals surface area contributed by atoms with E-state index in [1.165, 1.54) is 0 Å². The van der Waals surface area contributed by atoms with Gasteiger partial charge in [-0.2, -0.15) is 0 Å². The Kier molecular flexibility index (Phi) is 2.37. The monoisotopic (exact) mass is 425 g/mol. The molecule has 2 aromatic carbocycles. The van der Waals surface area contributed by atoms with Crippen LogP contribution in [0.15, 0.2) is 58.3 Å². The van der Waals surface area contributed by atoms with Gasteiger partial charge in [0.25, 0.3) is 0 Å². The van der Waals surface area contributed by atoms with Gasteiger partial charge in [0.15, 0.2) is 0 Å². The van der Waals surface area contributed by atoms with Crippen LogP contribution < -0.4 is 6.54 Å². The van der Waals surface area contributed by atoms with Crippen LogP contribution in [0.4, 0.5) is 0 Å². The molecule has 0 saturated carbocycles. The summed E-state index contributed by atoms with van der Waals surface area (Å²) in [5.74, 6) is 0. The molecule has 4 heteroatoms. The van der Waals surface area contributed by atoms with Gasteiger partial charge in [0.1, 0.15) is 0 Å². The van der Waals surface area contributed by atoms with Gasteiger partial charge in [-0.15, -0.1) is 0 Å². The second kappa shape index (κ2) is 3.64. The van der Waals surface area contributed by atoms with Gasteiger partial charge in [-0.1, -0.05) is 0 Å². The van der Waals surface area contributed by atoms with Gasteiger partial charge in [0.2, 0.25) is 0 Å². The van der Waals surface area contributed by atoms with Gasteiger partial charge in [0.05, 0.1) is 0 Å². The zero-order valence-electron chi connectivity index (χ0n) is 8.29. The molecule has 3 rings (SSSR count). The van der Waals surface area contributed by atoms with E-state index in [1.54, 1.807) is 24.3 Å². The zero-order valence-corrected chi connectivity index (χ0v) is 12.6. The Morgan fingerprint density at radius 2 is 1.19 bits per heavy atom. The van der Waals surface area contributed by atoms with E-state index >= 15 is 0 Å². The van der Waals surface area contributed by atoms with Crippen LogP contribution in [0.3, 0.4) is 0 Å². The fourth-order valence-electron chi connectivity index (χ4n) is 1.80. The Balaban J connectivity index is 2.37. The van der Waals surface area contributed by atoms with Crippen LogP contribution in [0.2, 0.25) is 0 Å². The normalized spacial score (nSPS) is 16.2. The second-order valence-electron chi connectivity index (χ2n) is 3.55. The van der Waals surface area contributed by atoms with Crippen molar-refractivity contribution in [2.24, 2.45) is 0 Å². The van der Waals surface area contributed by atoms with Crippen LogP contribution >= 0.6 is 0 Å². The summed E-state index contributed by atoms with van der Waals surface area (Å²) in [6, 6.07) is 14.8. The third-order valence-corrected chi connectivity index (χ3v) is 10.6. The summed E-state index contributed by atoms with van der Waals surface area (Å²) in [6.45, 7) is 0. The number of fused-ring (bicyclic) bond motifs is 2. The molecule has 0 aromatic heterocycles. The van der Waals surface area contributed by atoms with E-state index in [2.05, 4.69) is 0 Å². The van der Waals surface area contributed by atoms with Crippen molar-refractivity contribution in [2.45, 2.75) is 9.79 Å². The summed E-state index contributed by atoms with van der Waals surface area (Å²) in [7, 11) is -3.26. The first-order chi connectivity index (χ1) is 7.69. The van der Waals surface area contributed by atoms with E-state index in [0.717, 1.165) is 6.54 Å². The van der Waals surface area contributed by atoms with Crippen LogP contribution in [0.1, 0.15) is 0 Å². The molecule has 0 atom stereocenters. The fraction of sp³-hybridized carbons (Fsp3) is 0. The summed E-state index contributed by atoms with van der Waals surface area (Å²) < 4.78 is 26.8. The van der Waals surface area contributed by atoms with Crippen molar-refractivity contribution in [3.05, 3.63) is 48.5 Å². The van der Waals surface area contributed by atoms with Gasteiger partial charge >= 0.3 is 106 Å². The van der Waals surface area contributed by atoms with Crippen LogP contribution in [0.25, 0.3) is 0 Å². The minimum absolute atomic E-state index is 0.533. The molecule has 0 saturated heterocycles. The third-order valence-electron chi connectivity index (χ3n) is 2.55. The van der Waals surface area contributed by atoms with Gasteiger partial charge in [-0.05, 0) is 0 Å². The SMILES string of the molecule is O=S1(=O)c2cccc[c]2[Bi+][c]2ccccc21. The zero-order chi connectivity index (χ0) is 11.2. The van der Waals surface area contributed by atoms with Crippen LogP contribution in [-0.2, 0) is 9.84 Å². The second-order valence-corrected chi connectivity index (χ2v) is 10.1. The molecule has 78 valence electrons. The summed E-state index contributed by atoms with van der Waals surface area (Å²) in [4.78, 5) is 1.07. The molecule has 0 amide bonds. The Hall–Kier alpha value is -0.727. The van der Waals surface area contributed by atoms with E-state index < -0.39 is 33.1 Å². The van der Waals surface area contributed by atoms with Crippen molar-refractivity contribution < 1.29 is 8.42 Å². The average molecular weight is 425 g/mol. The standard InChI is InChI=1S/C12H8O2S.Bi/c13-15(14,11-7-3-1-4-8-11)12-9-5-2-6-10-12;/h1-7,9H;/q;+1. The maximum absolute atomic E-state index is 12.3. The maximum atomic E-state index is 12.3. The third kappa shape index (κ3) is 1.44. The number of benzene rings is 2. The molecule has 1 heterocycles. The molecule has 1 aliphatic rings. The Morgan fingerprint density at radius 3 is 1.69 bits per heavy atom. The number of rotatable bonds is 0. The molecule has 0 aliphatic carbocycles. The molecule has 0 unspecified atom stereocenters. The van der Waals surface area contributed by atoms with Crippen molar-refractivity contribution in [3.63, 3.8) is 0 Å². The molecule has 0 fully saturated rings. The van der Waals surface area contributed by atoms with Crippen molar-refractivity contribution >= 4 is 39.6 Å². The molecule has 2 aromatic rings. The summed E-state index contributed by atoms with van der Waals surface area (Å²) in [5.41, 5.74) is 0. The van der Waals surface area contributed by atoms with Gasteiger partial charge in [-0.3, -0.25) is 0 Å². The Bertz CT molecular complexity index is 611. The first-order valence-electron chi connectivity index (χ1n) is 4.84. The topological polar surface area (TPSA) is 34.1 Å². The number of hydrogen-bond donors (Lipinski definition) is 0. The van der Waals surface area contributed by atoms with E-state index in [-0.39, 0.29) is 0 Å². The number of hydrogen-bond acceptors (Lipinski definition) is 2. The van der Waals surface area contributed by atoms with E-state index in [1.807, 2.05) is 24.3 Å². The molecule has 2 nitrogen and oxygen atoms in total. The first-order valence-corrected chi connectivity index (χ1v) is 9.80. The van der Waals surface area contributed by atoms with Crippen LogP contribution in [0.5, 0.6) is 0 Å². The summed E-state index contributed by atoms with van der Waals surface area (Å²) in [6.07, 6.45) is 0. The van der Waals surface area contributed by atoms with Crippen LogP contribution in [-0.4, -0.2) is 31.7 Å². The molecule has 0 bridgehead atoms. The van der Waals surface area contributed by atoms with Crippen molar-refractivity contribution in [1.82, 2.24) is 0 Å². The van der Waals surface area contributed by atoms with Gasteiger partial charge in [0, 0.05) is 0 Å². The summed E-state index contributed by atoms with van der Waals surface area (Å²) in [5, 5.41) is 0. The molecule has 2 radical (unpaired) electrons. The van der Waals surface area contributed by atoms with Crippen LogP contribution in [0, 0.1) is 0 Å².